The van der Waals surface area contributed by atoms with Gasteiger partial charge in [-0.05, 0) is 49.4 Å². The lowest BCUT2D eigenvalue weighted by atomic mass is 10.2. The van der Waals surface area contributed by atoms with Crippen LogP contribution >= 0.6 is 11.3 Å². The molecule has 1 aromatic heterocycles. The molecule has 29 heavy (non-hydrogen) atoms. The van der Waals surface area contributed by atoms with Gasteiger partial charge in [0.05, 0.1) is 4.92 Å². The number of nitrogens with zero attached hydrogens (tertiary/aromatic N) is 1. The fourth-order valence-electron chi connectivity index (χ4n) is 2.28. The van der Waals surface area contributed by atoms with Crippen molar-refractivity contribution >= 4 is 33.9 Å². The van der Waals surface area contributed by atoms with Crippen LogP contribution in [0.25, 0.3) is 0 Å². The van der Waals surface area contributed by atoms with Crippen LogP contribution in [0.3, 0.4) is 0 Å². The molecule has 3 aromatic rings. The first kappa shape index (κ1) is 20.0. The minimum atomic E-state index is -0.792. The van der Waals surface area contributed by atoms with Crippen molar-refractivity contribution in [2.75, 3.05) is 11.9 Å². The monoisotopic (exact) mass is 412 g/mol. The van der Waals surface area contributed by atoms with Gasteiger partial charge in [-0.1, -0.05) is 29.0 Å². The lowest BCUT2D eigenvalue weighted by molar-refractivity contribution is -0.380. The molecule has 9 heteroatoms. The summed E-state index contributed by atoms with van der Waals surface area (Å²) in [6, 6.07) is 16.8. The standard InChI is InChI=1S/C20H16N2O6S/c1-13-2-6-15(7-3-13)28-16-8-4-14(5-9-16)21-18(23)12-27-20(24)17-10-11-19(29-17)22(25)26/h2-11H,12H2,1H3,(H,21,23). The molecular formula is C20H16N2O6S. The highest BCUT2D eigenvalue weighted by molar-refractivity contribution is 7.17. The first-order chi connectivity index (χ1) is 13.9. The van der Waals surface area contributed by atoms with Crippen LogP contribution in [0.15, 0.2) is 60.7 Å². The number of ether oxygens (including phenoxy) is 2. The summed E-state index contributed by atoms with van der Waals surface area (Å²) in [7, 11) is 0. The van der Waals surface area contributed by atoms with E-state index < -0.39 is 23.4 Å². The van der Waals surface area contributed by atoms with Crippen LogP contribution in [0, 0.1) is 17.0 Å². The van der Waals surface area contributed by atoms with E-state index in [0.29, 0.717) is 28.5 Å². The third-order valence-electron chi connectivity index (χ3n) is 3.70. The number of benzene rings is 2. The van der Waals surface area contributed by atoms with E-state index in [4.69, 9.17) is 9.47 Å². The number of thiophene rings is 1. The van der Waals surface area contributed by atoms with E-state index in [1.165, 1.54) is 12.1 Å². The molecule has 0 aliphatic heterocycles. The van der Waals surface area contributed by atoms with Gasteiger partial charge in [0, 0.05) is 11.8 Å². The van der Waals surface area contributed by atoms with E-state index in [2.05, 4.69) is 5.32 Å². The van der Waals surface area contributed by atoms with Gasteiger partial charge in [0.15, 0.2) is 6.61 Å². The normalized spacial score (nSPS) is 10.2. The van der Waals surface area contributed by atoms with Crippen molar-refractivity contribution in [3.05, 3.63) is 81.2 Å². The zero-order chi connectivity index (χ0) is 20.8. The Labute approximate surface area is 169 Å². The Balaban J connectivity index is 1.49. The van der Waals surface area contributed by atoms with Crippen molar-refractivity contribution in [1.29, 1.82) is 0 Å². The van der Waals surface area contributed by atoms with Gasteiger partial charge in [0.2, 0.25) is 0 Å². The van der Waals surface area contributed by atoms with Gasteiger partial charge >= 0.3 is 11.0 Å². The van der Waals surface area contributed by atoms with Gasteiger partial charge in [0.25, 0.3) is 5.91 Å². The molecule has 8 nitrogen and oxygen atoms in total. The smallest absolute Gasteiger partial charge is 0.349 e. The Hall–Kier alpha value is -3.72. The highest BCUT2D eigenvalue weighted by Crippen LogP contribution is 2.25. The predicted molar refractivity (Wildman–Crippen MR) is 108 cm³/mol. The summed E-state index contributed by atoms with van der Waals surface area (Å²) in [6.07, 6.45) is 0. The van der Waals surface area contributed by atoms with Gasteiger partial charge in [-0.15, -0.1) is 0 Å². The lowest BCUT2D eigenvalue weighted by Crippen LogP contribution is -2.20. The molecule has 0 spiro atoms. The number of hydrogen-bond acceptors (Lipinski definition) is 7. The summed E-state index contributed by atoms with van der Waals surface area (Å²) >= 11 is 0.688. The Kier molecular flexibility index (Phi) is 6.20. The number of carbonyl (C=O) groups is 2. The maximum absolute atomic E-state index is 11.9. The summed E-state index contributed by atoms with van der Waals surface area (Å²) < 4.78 is 10.6. The molecule has 0 saturated heterocycles. The van der Waals surface area contributed by atoms with Gasteiger partial charge < -0.3 is 14.8 Å². The van der Waals surface area contributed by atoms with Crippen molar-refractivity contribution in [3.8, 4) is 11.5 Å². The molecule has 1 N–H and O–H groups in total. The second kappa shape index (κ2) is 8.98. The summed E-state index contributed by atoms with van der Waals surface area (Å²) in [5.74, 6) is -0.0117. The van der Waals surface area contributed by atoms with Gasteiger partial charge in [-0.3, -0.25) is 14.9 Å². The van der Waals surface area contributed by atoms with Crippen LogP contribution in [0.5, 0.6) is 11.5 Å². The van der Waals surface area contributed by atoms with Gasteiger partial charge in [-0.2, -0.15) is 0 Å². The molecule has 0 radical (unpaired) electrons. The Morgan fingerprint density at radius 1 is 1.00 bits per heavy atom. The molecule has 0 unspecified atom stereocenters. The molecular weight excluding hydrogens is 396 g/mol. The minimum Gasteiger partial charge on any atom is -0.457 e. The number of nitro groups is 1. The van der Waals surface area contributed by atoms with E-state index in [-0.39, 0.29) is 9.88 Å². The summed E-state index contributed by atoms with van der Waals surface area (Å²) in [5.41, 5.74) is 1.64. The molecule has 2 aromatic carbocycles. The van der Waals surface area contributed by atoms with Crippen LogP contribution in [0.2, 0.25) is 0 Å². The van der Waals surface area contributed by atoms with Gasteiger partial charge in [0.1, 0.15) is 16.4 Å². The molecule has 0 fully saturated rings. The molecule has 0 bridgehead atoms. The topological polar surface area (TPSA) is 108 Å². The molecule has 148 valence electrons. The van der Waals surface area contributed by atoms with Crippen molar-refractivity contribution in [3.63, 3.8) is 0 Å². The predicted octanol–water partition coefficient (Wildman–Crippen LogP) is 4.55. The molecule has 1 amide bonds. The van der Waals surface area contributed by atoms with Crippen LogP contribution in [-0.4, -0.2) is 23.4 Å². The van der Waals surface area contributed by atoms with Crippen molar-refractivity contribution in [1.82, 2.24) is 0 Å². The maximum atomic E-state index is 11.9. The molecule has 0 saturated carbocycles. The van der Waals surface area contributed by atoms with E-state index >= 15 is 0 Å². The zero-order valence-electron chi connectivity index (χ0n) is 15.3. The van der Waals surface area contributed by atoms with Crippen LogP contribution in [0.4, 0.5) is 10.7 Å². The number of rotatable bonds is 7. The van der Waals surface area contributed by atoms with Gasteiger partial charge in [-0.25, -0.2) is 4.79 Å². The average molecular weight is 412 g/mol. The Morgan fingerprint density at radius 2 is 1.62 bits per heavy atom. The first-order valence-electron chi connectivity index (χ1n) is 8.46. The lowest BCUT2D eigenvalue weighted by Gasteiger charge is -2.08. The number of nitrogens with one attached hydrogen (secondary N) is 1. The highest BCUT2D eigenvalue weighted by atomic mass is 32.1. The molecule has 3 rings (SSSR count). The fourth-order valence-corrected chi connectivity index (χ4v) is 3.00. The molecule has 1 heterocycles. The first-order valence-corrected chi connectivity index (χ1v) is 9.28. The summed E-state index contributed by atoms with van der Waals surface area (Å²) in [5, 5.41) is 13.1. The van der Waals surface area contributed by atoms with Crippen molar-refractivity contribution in [2.45, 2.75) is 6.92 Å². The number of esters is 1. The van der Waals surface area contributed by atoms with E-state index in [0.717, 1.165) is 5.56 Å². The van der Waals surface area contributed by atoms with E-state index in [9.17, 15) is 19.7 Å². The van der Waals surface area contributed by atoms with Crippen LogP contribution in [-0.2, 0) is 9.53 Å². The summed E-state index contributed by atoms with van der Waals surface area (Å²) in [6.45, 7) is 1.48. The Morgan fingerprint density at radius 3 is 2.21 bits per heavy atom. The molecule has 0 atom stereocenters. The number of anilines is 1. The number of carbonyl (C=O) groups excluding carboxylic acids is 2. The minimum absolute atomic E-state index is 0.0575. The largest absolute Gasteiger partial charge is 0.457 e. The van der Waals surface area contributed by atoms with Crippen LogP contribution < -0.4 is 10.1 Å². The third kappa shape index (κ3) is 5.63. The van der Waals surface area contributed by atoms with Crippen LogP contribution in [0.1, 0.15) is 15.2 Å². The SMILES string of the molecule is Cc1ccc(Oc2ccc(NC(=O)COC(=O)c3ccc([N+](=O)[O-])s3)cc2)cc1. The molecule has 0 aliphatic rings. The average Bonchev–Trinajstić information content (AvgIpc) is 3.20. The van der Waals surface area contributed by atoms with Crippen molar-refractivity contribution in [2.24, 2.45) is 0 Å². The van der Waals surface area contributed by atoms with E-state index in [1.807, 2.05) is 31.2 Å². The second-order valence-electron chi connectivity index (χ2n) is 5.96. The Bertz CT molecular complexity index is 1030. The molecule has 0 aliphatic carbocycles. The quantitative estimate of drug-likeness (QED) is 0.346. The number of hydrogen-bond donors (Lipinski definition) is 1. The number of amides is 1. The third-order valence-corrected chi connectivity index (χ3v) is 4.72. The van der Waals surface area contributed by atoms with Crippen molar-refractivity contribution < 1.29 is 24.0 Å². The fraction of sp³-hybridized carbons (Fsp3) is 0.100. The number of aryl methyl sites for hydroxylation is 1. The maximum Gasteiger partial charge on any atom is 0.349 e. The highest BCUT2D eigenvalue weighted by Gasteiger charge is 2.17. The second-order valence-corrected chi connectivity index (χ2v) is 7.02. The van der Waals surface area contributed by atoms with E-state index in [1.54, 1.807) is 24.3 Å². The summed E-state index contributed by atoms with van der Waals surface area (Å²) in [4.78, 5) is 33.9. The zero-order valence-corrected chi connectivity index (χ0v) is 16.1.